The molecule has 1 aliphatic rings. The fraction of sp³-hybridized carbons (Fsp3) is 0.571. The van der Waals surface area contributed by atoms with Crippen LogP contribution in [0.5, 0.6) is 0 Å². The van der Waals surface area contributed by atoms with E-state index in [1.165, 1.54) is 12.1 Å². The molecule has 0 unspecified atom stereocenters. The lowest BCUT2D eigenvalue weighted by molar-refractivity contribution is -0.143. The Balaban J connectivity index is 2.54. The second-order valence-corrected chi connectivity index (χ2v) is 9.30. The first-order chi connectivity index (χ1) is 13.0. The first-order valence-electron chi connectivity index (χ1n) is 9.68. The third kappa shape index (κ3) is 4.11. The molecule has 0 radical (unpaired) electrons. The number of esters is 1. The number of ether oxygens (including phenoxy) is 1. The Morgan fingerprint density at radius 2 is 1.93 bits per heavy atom. The monoisotopic (exact) mass is 394 g/mol. The molecule has 27 heavy (non-hydrogen) atoms. The summed E-state index contributed by atoms with van der Waals surface area (Å²) < 4.78 is 31.3. The van der Waals surface area contributed by atoms with Crippen LogP contribution in [-0.2, 0) is 19.4 Å². The minimum atomic E-state index is -3.97. The Morgan fingerprint density at radius 3 is 2.52 bits per heavy atom. The number of benzene rings is 1. The largest absolute Gasteiger partial charge is 0.461 e. The molecule has 1 aromatic rings. The number of aliphatic hydroxyl groups is 1. The zero-order chi connectivity index (χ0) is 19.9. The van der Waals surface area contributed by atoms with Crippen molar-refractivity contribution in [1.29, 1.82) is 0 Å². The molecule has 0 aliphatic carbocycles. The maximum absolute atomic E-state index is 13.7. The standard InChI is InChI=1S/C21H30O5S/c1-3-5-6-10-15-21(27(24,25)17-12-8-7-9-13-17)18(14-16-22)19(11-4-2)26-20(21)23/h3,7-9,12-13,18-19,22H,1,4-6,10-11,14-16H2,2H3/t18-,19-,21+/m1/s1. The quantitative estimate of drug-likeness (QED) is 0.352. The fourth-order valence-corrected chi connectivity index (χ4v) is 6.38. The van der Waals surface area contributed by atoms with Gasteiger partial charge in [-0.15, -0.1) is 6.58 Å². The van der Waals surface area contributed by atoms with Gasteiger partial charge in [0, 0.05) is 12.5 Å². The smallest absolute Gasteiger partial charge is 0.328 e. The summed E-state index contributed by atoms with van der Waals surface area (Å²) in [6, 6.07) is 8.11. The van der Waals surface area contributed by atoms with Crippen LogP contribution in [0, 0.1) is 5.92 Å². The van der Waals surface area contributed by atoms with Gasteiger partial charge in [0.05, 0.1) is 4.90 Å². The van der Waals surface area contributed by atoms with Crippen LogP contribution in [0.3, 0.4) is 0 Å². The number of carbonyl (C=O) groups is 1. The number of hydrogen-bond donors (Lipinski definition) is 1. The van der Waals surface area contributed by atoms with Crippen molar-refractivity contribution in [1.82, 2.24) is 0 Å². The Bertz CT molecular complexity index is 728. The second-order valence-electron chi connectivity index (χ2n) is 7.09. The summed E-state index contributed by atoms with van der Waals surface area (Å²) in [6.07, 6.45) is 5.20. The van der Waals surface area contributed by atoms with E-state index in [0.717, 1.165) is 19.3 Å². The number of carbonyl (C=O) groups excluding carboxylic acids is 1. The van der Waals surface area contributed by atoms with Crippen LogP contribution in [0.15, 0.2) is 47.9 Å². The number of allylic oxidation sites excluding steroid dienone is 1. The van der Waals surface area contributed by atoms with Crippen molar-refractivity contribution in [2.75, 3.05) is 6.61 Å². The third-order valence-corrected chi connectivity index (χ3v) is 7.93. The Labute approximate surface area is 162 Å². The van der Waals surface area contributed by atoms with Crippen LogP contribution in [-0.4, -0.2) is 37.0 Å². The van der Waals surface area contributed by atoms with Gasteiger partial charge in [-0.3, -0.25) is 4.79 Å². The highest BCUT2D eigenvalue weighted by Gasteiger charge is 2.64. The molecule has 1 aromatic carbocycles. The van der Waals surface area contributed by atoms with E-state index in [4.69, 9.17) is 4.74 Å². The van der Waals surface area contributed by atoms with Gasteiger partial charge in [-0.2, -0.15) is 0 Å². The molecule has 2 rings (SSSR count). The van der Waals surface area contributed by atoms with Crippen molar-refractivity contribution >= 4 is 15.8 Å². The molecule has 0 spiro atoms. The van der Waals surface area contributed by atoms with E-state index in [2.05, 4.69) is 6.58 Å². The van der Waals surface area contributed by atoms with E-state index in [1.807, 2.05) is 6.92 Å². The summed E-state index contributed by atoms with van der Waals surface area (Å²) in [7, 11) is -3.97. The summed E-state index contributed by atoms with van der Waals surface area (Å²) >= 11 is 0. The molecule has 0 amide bonds. The molecule has 3 atom stereocenters. The van der Waals surface area contributed by atoms with Crippen molar-refractivity contribution in [3.63, 3.8) is 0 Å². The zero-order valence-corrected chi connectivity index (χ0v) is 16.8. The molecule has 1 saturated heterocycles. The minimum Gasteiger partial charge on any atom is -0.461 e. The normalized spacial score (nSPS) is 25.3. The van der Waals surface area contributed by atoms with Crippen molar-refractivity contribution in [3.8, 4) is 0 Å². The average Bonchev–Trinajstić information content (AvgIpc) is 2.93. The molecule has 1 fully saturated rings. The first-order valence-corrected chi connectivity index (χ1v) is 11.2. The van der Waals surface area contributed by atoms with Gasteiger partial charge in [0.2, 0.25) is 0 Å². The maximum Gasteiger partial charge on any atom is 0.328 e. The molecule has 1 aliphatic heterocycles. The van der Waals surface area contributed by atoms with E-state index in [1.54, 1.807) is 24.3 Å². The van der Waals surface area contributed by atoms with E-state index in [-0.39, 0.29) is 24.3 Å². The van der Waals surface area contributed by atoms with Gasteiger partial charge in [-0.05, 0) is 44.2 Å². The Hall–Kier alpha value is -1.66. The van der Waals surface area contributed by atoms with E-state index >= 15 is 0 Å². The maximum atomic E-state index is 13.7. The van der Waals surface area contributed by atoms with Gasteiger partial charge < -0.3 is 9.84 Å². The molecule has 1 heterocycles. The average molecular weight is 395 g/mol. The van der Waals surface area contributed by atoms with Crippen LogP contribution in [0.25, 0.3) is 0 Å². The van der Waals surface area contributed by atoms with Crippen molar-refractivity contribution in [2.24, 2.45) is 5.92 Å². The van der Waals surface area contributed by atoms with Gasteiger partial charge in [0.15, 0.2) is 14.6 Å². The molecular formula is C21H30O5S. The van der Waals surface area contributed by atoms with Gasteiger partial charge in [-0.25, -0.2) is 8.42 Å². The van der Waals surface area contributed by atoms with E-state index in [9.17, 15) is 18.3 Å². The summed E-state index contributed by atoms with van der Waals surface area (Å²) in [4.78, 5) is 13.2. The van der Waals surface area contributed by atoms with Gasteiger partial charge >= 0.3 is 5.97 Å². The first kappa shape index (κ1) is 21.6. The van der Waals surface area contributed by atoms with E-state index in [0.29, 0.717) is 12.8 Å². The van der Waals surface area contributed by atoms with Gasteiger partial charge in [0.25, 0.3) is 0 Å². The van der Waals surface area contributed by atoms with Crippen LogP contribution in [0.2, 0.25) is 0 Å². The number of sulfone groups is 1. The van der Waals surface area contributed by atoms with Crippen LogP contribution >= 0.6 is 0 Å². The van der Waals surface area contributed by atoms with Crippen molar-refractivity contribution in [2.45, 2.75) is 67.6 Å². The number of aliphatic hydroxyl groups excluding tert-OH is 1. The Morgan fingerprint density at radius 1 is 1.22 bits per heavy atom. The lowest BCUT2D eigenvalue weighted by Crippen LogP contribution is -2.49. The SMILES string of the molecule is C=CCCCC[C@@]1(S(=O)(=O)c2ccccc2)C(=O)O[C@H](CCC)[C@H]1CCO. The molecule has 0 saturated carbocycles. The summed E-state index contributed by atoms with van der Waals surface area (Å²) in [6.45, 7) is 5.49. The van der Waals surface area contributed by atoms with Crippen LogP contribution < -0.4 is 0 Å². The highest BCUT2D eigenvalue weighted by atomic mass is 32.2. The van der Waals surface area contributed by atoms with Crippen LogP contribution in [0.1, 0.15) is 51.9 Å². The minimum absolute atomic E-state index is 0.130. The molecule has 150 valence electrons. The third-order valence-electron chi connectivity index (χ3n) is 5.40. The molecule has 1 N–H and O–H groups in total. The topological polar surface area (TPSA) is 80.7 Å². The Kier molecular flexibility index (Phi) is 7.62. The fourth-order valence-electron chi connectivity index (χ4n) is 4.09. The van der Waals surface area contributed by atoms with Crippen molar-refractivity contribution in [3.05, 3.63) is 43.0 Å². The predicted octanol–water partition coefficient (Wildman–Crippen LogP) is 3.67. The molecule has 6 heteroatoms. The summed E-state index contributed by atoms with van der Waals surface area (Å²) in [5, 5.41) is 9.60. The number of unbranched alkanes of at least 4 members (excludes halogenated alkanes) is 2. The summed E-state index contributed by atoms with van der Waals surface area (Å²) in [5.41, 5.74) is 0. The highest BCUT2D eigenvalue weighted by molar-refractivity contribution is 7.93. The second kappa shape index (κ2) is 9.51. The lowest BCUT2D eigenvalue weighted by atomic mass is 9.82. The van der Waals surface area contributed by atoms with Gasteiger partial charge in [0.1, 0.15) is 6.10 Å². The number of cyclic esters (lactones) is 1. The van der Waals surface area contributed by atoms with E-state index < -0.39 is 32.6 Å². The number of hydrogen-bond acceptors (Lipinski definition) is 5. The van der Waals surface area contributed by atoms with Crippen molar-refractivity contribution < 1.29 is 23.1 Å². The van der Waals surface area contributed by atoms with Crippen LogP contribution in [0.4, 0.5) is 0 Å². The molecular weight excluding hydrogens is 364 g/mol. The molecule has 0 bridgehead atoms. The molecule has 5 nitrogen and oxygen atoms in total. The predicted molar refractivity (Wildman–Crippen MR) is 105 cm³/mol. The number of rotatable bonds is 11. The highest BCUT2D eigenvalue weighted by Crippen LogP contribution is 2.48. The lowest BCUT2D eigenvalue weighted by Gasteiger charge is -2.32. The zero-order valence-electron chi connectivity index (χ0n) is 16.0. The molecule has 0 aromatic heterocycles. The summed E-state index contributed by atoms with van der Waals surface area (Å²) in [5.74, 6) is -1.22. The van der Waals surface area contributed by atoms with Gasteiger partial charge in [-0.1, -0.05) is 44.0 Å².